The summed E-state index contributed by atoms with van der Waals surface area (Å²) in [7, 11) is -3.51. The standard InChI is InChI=1S/C17H17N5O4S2/c1-3-25-21-12-6-8-22(28(2,23)24)17-14(12)20-15(26-17)13-10-19-16(27-13)11-5-4-7-18-9-11/h4-5,7,9-10H,3,6,8H2,1-2H3/b21-12+. The van der Waals surface area contributed by atoms with E-state index in [0.717, 1.165) is 16.8 Å². The van der Waals surface area contributed by atoms with Crippen LogP contribution in [0.3, 0.4) is 0 Å². The molecule has 1 aliphatic rings. The fourth-order valence-electron chi connectivity index (χ4n) is 2.75. The smallest absolute Gasteiger partial charge is 0.241 e. The van der Waals surface area contributed by atoms with E-state index in [9.17, 15) is 8.42 Å². The van der Waals surface area contributed by atoms with E-state index in [0.29, 0.717) is 29.3 Å². The average molecular weight is 419 g/mol. The second kappa shape index (κ2) is 7.32. The maximum absolute atomic E-state index is 12.2. The van der Waals surface area contributed by atoms with Gasteiger partial charge >= 0.3 is 0 Å². The van der Waals surface area contributed by atoms with E-state index in [-0.39, 0.29) is 18.3 Å². The predicted octanol–water partition coefficient (Wildman–Crippen LogP) is 2.77. The minimum Gasteiger partial charge on any atom is -0.418 e. The predicted molar refractivity (Wildman–Crippen MR) is 106 cm³/mol. The second-order valence-corrected chi connectivity index (χ2v) is 8.92. The van der Waals surface area contributed by atoms with Gasteiger partial charge in [-0.05, 0) is 19.1 Å². The van der Waals surface area contributed by atoms with E-state index in [4.69, 9.17) is 9.25 Å². The summed E-state index contributed by atoms with van der Waals surface area (Å²) in [6.07, 6.45) is 6.58. The normalized spacial score (nSPS) is 15.6. The van der Waals surface area contributed by atoms with Gasteiger partial charge in [0.1, 0.15) is 22.2 Å². The number of aromatic nitrogens is 3. The van der Waals surface area contributed by atoms with Gasteiger partial charge in [0.05, 0.1) is 12.5 Å². The van der Waals surface area contributed by atoms with Crippen molar-refractivity contribution in [2.75, 3.05) is 23.7 Å². The van der Waals surface area contributed by atoms with Gasteiger partial charge in [0, 0.05) is 30.9 Å². The zero-order valence-electron chi connectivity index (χ0n) is 15.2. The van der Waals surface area contributed by atoms with E-state index >= 15 is 0 Å². The van der Waals surface area contributed by atoms with Crippen molar-refractivity contribution in [1.29, 1.82) is 0 Å². The fourth-order valence-corrected chi connectivity index (χ4v) is 4.43. The lowest BCUT2D eigenvalue weighted by molar-refractivity contribution is 0.158. The Morgan fingerprint density at radius 1 is 1.39 bits per heavy atom. The molecular weight excluding hydrogens is 402 g/mol. The van der Waals surface area contributed by atoms with E-state index < -0.39 is 10.0 Å². The third kappa shape index (κ3) is 3.50. The Bertz CT molecular complexity index is 1120. The number of oxazole rings is 1. The van der Waals surface area contributed by atoms with Gasteiger partial charge in [-0.15, -0.1) is 11.3 Å². The van der Waals surface area contributed by atoms with Crippen LogP contribution in [0.5, 0.6) is 0 Å². The third-order valence-electron chi connectivity index (χ3n) is 3.99. The van der Waals surface area contributed by atoms with Crippen molar-refractivity contribution in [2.45, 2.75) is 13.3 Å². The summed E-state index contributed by atoms with van der Waals surface area (Å²) in [6, 6.07) is 3.75. The first-order valence-corrected chi connectivity index (χ1v) is 11.2. The van der Waals surface area contributed by atoms with Crippen LogP contribution >= 0.6 is 11.3 Å². The van der Waals surface area contributed by atoms with Gasteiger partial charge < -0.3 is 9.25 Å². The summed E-state index contributed by atoms with van der Waals surface area (Å²) in [5, 5.41) is 4.84. The highest BCUT2D eigenvalue weighted by Crippen LogP contribution is 2.37. The molecule has 4 heterocycles. The Morgan fingerprint density at radius 2 is 2.25 bits per heavy atom. The molecular formula is C17H17N5O4S2. The molecule has 0 unspecified atom stereocenters. The molecule has 4 rings (SSSR count). The minimum atomic E-state index is -3.51. The SMILES string of the molecule is CCO/N=C1\CCN(S(C)(=O)=O)c2oc(-c3cnc(-c4cccnc4)s3)nc21. The zero-order valence-corrected chi connectivity index (χ0v) is 16.8. The fraction of sp³-hybridized carbons (Fsp3) is 0.294. The van der Waals surface area contributed by atoms with Crippen LogP contribution in [0.4, 0.5) is 5.88 Å². The van der Waals surface area contributed by atoms with E-state index in [1.807, 2.05) is 19.1 Å². The summed E-state index contributed by atoms with van der Waals surface area (Å²) in [4.78, 5) is 18.8. The molecule has 146 valence electrons. The summed E-state index contributed by atoms with van der Waals surface area (Å²) in [6.45, 7) is 2.45. The van der Waals surface area contributed by atoms with E-state index in [2.05, 4.69) is 20.1 Å². The molecule has 0 saturated carbocycles. The van der Waals surface area contributed by atoms with Crippen molar-refractivity contribution in [3.05, 3.63) is 36.4 Å². The number of anilines is 1. The molecule has 0 fully saturated rings. The Labute approximate surface area is 165 Å². The van der Waals surface area contributed by atoms with Crippen LogP contribution in [-0.2, 0) is 14.9 Å². The minimum absolute atomic E-state index is 0.151. The molecule has 0 amide bonds. The van der Waals surface area contributed by atoms with Gasteiger partial charge in [-0.1, -0.05) is 5.16 Å². The molecule has 3 aromatic rings. The number of oxime groups is 1. The number of sulfonamides is 1. The molecule has 0 bridgehead atoms. The lowest BCUT2D eigenvalue weighted by atomic mass is 10.1. The summed E-state index contributed by atoms with van der Waals surface area (Å²) >= 11 is 1.38. The monoisotopic (exact) mass is 419 g/mol. The maximum atomic E-state index is 12.2. The van der Waals surface area contributed by atoms with Gasteiger partial charge in [0.15, 0.2) is 5.69 Å². The number of hydrogen-bond donors (Lipinski definition) is 0. The molecule has 0 saturated heterocycles. The highest BCUT2D eigenvalue weighted by atomic mass is 32.2. The average Bonchev–Trinajstić information content (AvgIpc) is 3.33. The summed E-state index contributed by atoms with van der Waals surface area (Å²) in [5.41, 5.74) is 1.81. The lowest BCUT2D eigenvalue weighted by Gasteiger charge is -2.24. The highest BCUT2D eigenvalue weighted by Gasteiger charge is 2.34. The Morgan fingerprint density at radius 3 is 2.96 bits per heavy atom. The van der Waals surface area contributed by atoms with Crippen LogP contribution in [0.1, 0.15) is 19.0 Å². The first kappa shape index (κ1) is 18.6. The molecule has 0 radical (unpaired) electrons. The van der Waals surface area contributed by atoms with Crippen molar-refractivity contribution >= 4 is 33.0 Å². The molecule has 0 aliphatic carbocycles. The quantitative estimate of drug-likeness (QED) is 0.585. The van der Waals surface area contributed by atoms with E-state index in [1.54, 1.807) is 18.6 Å². The second-order valence-electron chi connectivity index (χ2n) is 5.99. The first-order valence-electron chi connectivity index (χ1n) is 8.51. The molecule has 0 aromatic carbocycles. The lowest BCUT2D eigenvalue weighted by Crippen LogP contribution is -2.36. The summed E-state index contributed by atoms with van der Waals surface area (Å²) in [5.74, 6) is 0.441. The number of hydrogen-bond acceptors (Lipinski definition) is 9. The van der Waals surface area contributed by atoms with Crippen LogP contribution in [0, 0.1) is 0 Å². The maximum Gasteiger partial charge on any atom is 0.241 e. The molecule has 11 heteroatoms. The molecule has 1 aliphatic heterocycles. The highest BCUT2D eigenvalue weighted by molar-refractivity contribution is 7.92. The Kier molecular flexibility index (Phi) is 4.85. The van der Waals surface area contributed by atoms with Crippen molar-refractivity contribution in [2.24, 2.45) is 5.16 Å². The van der Waals surface area contributed by atoms with Crippen molar-refractivity contribution in [3.8, 4) is 21.3 Å². The van der Waals surface area contributed by atoms with Crippen molar-refractivity contribution in [1.82, 2.24) is 15.0 Å². The number of pyridine rings is 1. The molecule has 0 spiro atoms. The zero-order chi connectivity index (χ0) is 19.7. The van der Waals surface area contributed by atoms with Crippen LogP contribution in [-0.4, -0.2) is 48.5 Å². The molecule has 0 atom stereocenters. The molecule has 3 aromatic heterocycles. The topological polar surface area (TPSA) is 111 Å². The van der Waals surface area contributed by atoms with E-state index in [1.165, 1.54) is 15.6 Å². The van der Waals surface area contributed by atoms with Gasteiger partial charge in [0.2, 0.25) is 21.8 Å². The largest absolute Gasteiger partial charge is 0.418 e. The van der Waals surface area contributed by atoms with Gasteiger partial charge in [0.25, 0.3) is 0 Å². The van der Waals surface area contributed by atoms with Gasteiger partial charge in [-0.25, -0.2) is 22.7 Å². The summed E-state index contributed by atoms with van der Waals surface area (Å²) < 4.78 is 31.4. The third-order valence-corrected chi connectivity index (χ3v) is 6.17. The van der Waals surface area contributed by atoms with Gasteiger partial charge in [-0.3, -0.25) is 4.98 Å². The van der Waals surface area contributed by atoms with Crippen molar-refractivity contribution < 1.29 is 17.7 Å². The van der Waals surface area contributed by atoms with Gasteiger partial charge in [-0.2, -0.15) is 0 Å². The van der Waals surface area contributed by atoms with Crippen LogP contribution in [0.15, 0.2) is 40.3 Å². The first-order chi connectivity index (χ1) is 13.5. The molecule has 28 heavy (non-hydrogen) atoms. The Hall–Kier alpha value is -2.79. The number of thiazole rings is 1. The number of fused-ring (bicyclic) bond motifs is 1. The van der Waals surface area contributed by atoms with Crippen LogP contribution in [0.25, 0.3) is 21.3 Å². The van der Waals surface area contributed by atoms with Crippen LogP contribution in [0.2, 0.25) is 0 Å². The molecule has 9 nitrogen and oxygen atoms in total. The van der Waals surface area contributed by atoms with Crippen LogP contribution < -0.4 is 4.31 Å². The number of nitrogens with zero attached hydrogens (tertiary/aromatic N) is 5. The number of rotatable bonds is 5. The Balaban J connectivity index is 1.76. The molecule has 0 N–H and O–H groups in total. The van der Waals surface area contributed by atoms with Crippen molar-refractivity contribution in [3.63, 3.8) is 0 Å².